The Morgan fingerprint density at radius 3 is 2.87 bits per heavy atom. The van der Waals surface area contributed by atoms with Crippen molar-refractivity contribution < 1.29 is 0 Å². The predicted molar refractivity (Wildman–Crippen MR) is 130 cm³/mol. The summed E-state index contributed by atoms with van der Waals surface area (Å²) in [5.41, 5.74) is 6.20. The van der Waals surface area contributed by atoms with Crippen LogP contribution in [0.25, 0.3) is 33.7 Å². The van der Waals surface area contributed by atoms with E-state index < -0.39 is 0 Å². The maximum Gasteiger partial charge on any atom is 0.181 e. The van der Waals surface area contributed by atoms with Gasteiger partial charge in [0.15, 0.2) is 11.5 Å². The van der Waals surface area contributed by atoms with Gasteiger partial charge in [-0.15, -0.1) is 11.3 Å². The van der Waals surface area contributed by atoms with Gasteiger partial charge in [0.05, 0.1) is 11.1 Å². The molecule has 7 heteroatoms. The third kappa shape index (κ3) is 3.95. The van der Waals surface area contributed by atoms with Crippen molar-refractivity contribution >= 4 is 39.7 Å². The number of aliphatic imine (C=N–C) groups is 1. The average molecular weight is 427 g/mol. The normalized spacial score (nSPS) is 12.7. The summed E-state index contributed by atoms with van der Waals surface area (Å²) in [7, 11) is 0. The smallest absolute Gasteiger partial charge is 0.181 e. The zero-order chi connectivity index (χ0) is 21.8. The SMILES string of the molecule is C=C/C=C(/c1cccs1)c1nc(-c2[nH]nc3ncc(/C(C=NC=C)=C/C)cc23)[nH]c1C. The number of aromatic nitrogens is 5. The number of aromatic amines is 2. The van der Waals surface area contributed by atoms with Crippen molar-refractivity contribution in [2.75, 3.05) is 0 Å². The first-order chi connectivity index (χ1) is 15.2. The van der Waals surface area contributed by atoms with Gasteiger partial charge in [0.25, 0.3) is 0 Å². The molecule has 0 aromatic carbocycles. The molecule has 0 aliphatic heterocycles. The van der Waals surface area contributed by atoms with Crippen LogP contribution in [0.4, 0.5) is 0 Å². The van der Waals surface area contributed by atoms with Gasteiger partial charge >= 0.3 is 0 Å². The van der Waals surface area contributed by atoms with E-state index in [1.165, 1.54) is 6.20 Å². The van der Waals surface area contributed by atoms with Crippen molar-refractivity contribution in [2.24, 2.45) is 4.99 Å². The molecule has 0 saturated heterocycles. The third-order valence-corrected chi connectivity index (χ3v) is 5.72. The predicted octanol–water partition coefficient (Wildman–Crippen LogP) is 5.95. The molecule has 4 aromatic rings. The highest BCUT2D eigenvalue weighted by Crippen LogP contribution is 2.32. The number of aryl methyl sites for hydroxylation is 1. The van der Waals surface area contributed by atoms with Crippen molar-refractivity contribution in [1.82, 2.24) is 25.1 Å². The van der Waals surface area contributed by atoms with Gasteiger partial charge in [0, 0.05) is 40.3 Å². The van der Waals surface area contributed by atoms with Crippen LogP contribution < -0.4 is 0 Å². The minimum atomic E-state index is 0.630. The summed E-state index contributed by atoms with van der Waals surface area (Å²) in [4.78, 5) is 18.1. The van der Waals surface area contributed by atoms with Gasteiger partial charge in [-0.3, -0.25) is 10.1 Å². The van der Waals surface area contributed by atoms with Crippen LogP contribution in [0.2, 0.25) is 0 Å². The van der Waals surface area contributed by atoms with E-state index in [9.17, 15) is 0 Å². The lowest BCUT2D eigenvalue weighted by atomic mass is 10.1. The van der Waals surface area contributed by atoms with E-state index in [0.717, 1.165) is 44.1 Å². The number of rotatable bonds is 7. The van der Waals surface area contributed by atoms with Crippen LogP contribution in [0.5, 0.6) is 0 Å². The van der Waals surface area contributed by atoms with E-state index in [-0.39, 0.29) is 0 Å². The fourth-order valence-corrected chi connectivity index (χ4v) is 4.11. The maximum absolute atomic E-state index is 4.90. The van der Waals surface area contributed by atoms with Crippen molar-refractivity contribution in [1.29, 1.82) is 0 Å². The van der Waals surface area contributed by atoms with Gasteiger partial charge in [-0.25, -0.2) is 9.97 Å². The Morgan fingerprint density at radius 1 is 1.29 bits per heavy atom. The Kier molecular flexibility index (Phi) is 5.86. The van der Waals surface area contributed by atoms with Crippen LogP contribution in [-0.2, 0) is 0 Å². The number of H-pyrrole nitrogens is 2. The van der Waals surface area contributed by atoms with Gasteiger partial charge in [0.1, 0.15) is 5.69 Å². The fraction of sp³-hybridized carbons (Fsp3) is 0.0833. The number of nitrogens with zero attached hydrogens (tertiary/aromatic N) is 4. The summed E-state index contributed by atoms with van der Waals surface area (Å²) in [6.45, 7) is 11.5. The first-order valence-electron chi connectivity index (χ1n) is 9.75. The second kappa shape index (κ2) is 8.89. The summed E-state index contributed by atoms with van der Waals surface area (Å²) in [5.74, 6) is 0.710. The quantitative estimate of drug-likeness (QED) is 0.283. The zero-order valence-electron chi connectivity index (χ0n) is 17.4. The fourth-order valence-electron chi connectivity index (χ4n) is 3.36. The number of hydrogen-bond donors (Lipinski definition) is 2. The molecule has 0 radical (unpaired) electrons. The van der Waals surface area contributed by atoms with Gasteiger partial charge in [0.2, 0.25) is 0 Å². The van der Waals surface area contributed by atoms with Crippen LogP contribution in [-0.4, -0.2) is 31.4 Å². The van der Waals surface area contributed by atoms with Gasteiger partial charge in [-0.2, -0.15) is 5.10 Å². The van der Waals surface area contributed by atoms with Gasteiger partial charge < -0.3 is 4.98 Å². The minimum absolute atomic E-state index is 0.630. The Labute approximate surface area is 184 Å². The van der Waals surface area contributed by atoms with Crippen LogP contribution in [0.15, 0.2) is 72.4 Å². The molecule has 0 spiro atoms. The topological polar surface area (TPSA) is 82.6 Å². The van der Waals surface area contributed by atoms with Crippen LogP contribution >= 0.6 is 11.3 Å². The van der Waals surface area contributed by atoms with Crippen molar-refractivity contribution in [3.63, 3.8) is 0 Å². The van der Waals surface area contributed by atoms with E-state index >= 15 is 0 Å². The van der Waals surface area contributed by atoms with E-state index in [1.807, 2.05) is 38.1 Å². The largest absolute Gasteiger partial charge is 0.340 e. The number of fused-ring (bicyclic) bond motifs is 1. The third-order valence-electron chi connectivity index (χ3n) is 4.82. The molecule has 6 nitrogen and oxygen atoms in total. The lowest BCUT2D eigenvalue weighted by molar-refractivity contribution is 1.08. The molecule has 4 heterocycles. The van der Waals surface area contributed by atoms with Crippen molar-refractivity contribution in [3.8, 4) is 11.5 Å². The van der Waals surface area contributed by atoms with Crippen LogP contribution in [0, 0.1) is 6.92 Å². The van der Waals surface area contributed by atoms with E-state index in [0.29, 0.717) is 11.5 Å². The summed E-state index contributed by atoms with van der Waals surface area (Å²) >= 11 is 1.67. The van der Waals surface area contributed by atoms with E-state index in [4.69, 9.17) is 4.98 Å². The molecule has 4 aromatic heterocycles. The second-order valence-corrected chi connectivity index (χ2v) is 7.70. The molecule has 0 bridgehead atoms. The molecule has 0 unspecified atom stereocenters. The molecular formula is C24H22N6S. The summed E-state index contributed by atoms with van der Waals surface area (Å²) in [5, 5.41) is 10.4. The Hall–Kier alpha value is -3.84. The highest BCUT2D eigenvalue weighted by Gasteiger charge is 2.18. The second-order valence-electron chi connectivity index (χ2n) is 6.75. The molecule has 0 amide bonds. The number of pyridine rings is 1. The molecule has 31 heavy (non-hydrogen) atoms. The number of hydrogen-bond acceptors (Lipinski definition) is 5. The molecule has 154 valence electrons. The first-order valence-corrected chi connectivity index (χ1v) is 10.6. The molecule has 0 saturated carbocycles. The molecule has 0 aliphatic carbocycles. The maximum atomic E-state index is 4.90. The molecule has 4 rings (SSSR count). The lowest BCUT2D eigenvalue weighted by Crippen LogP contribution is -1.89. The molecule has 0 fully saturated rings. The number of nitrogens with one attached hydrogen (secondary N) is 2. The molecule has 0 aliphatic rings. The zero-order valence-corrected chi connectivity index (χ0v) is 18.2. The first kappa shape index (κ1) is 20.4. The number of imidazole rings is 1. The summed E-state index contributed by atoms with van der Waals surface area (Å²) in [6, 6.07) is 6.16. The Morgan fingerprint density at radius 2 is 2.16 bits per heavy atom. The molecule has 0 atom stereocenters. The lowest BCUT2D eigenvalue weighted by Gasteiger charge is -2.02. The number of thiophene rings is 1. The van der Waals surface area contributed by atoms with Crippen LogP contribution in [0.1, 0.15) is 28.8 Å². The minimum Gasteiger partial charge on any atom is -0.340 e. The van der Waals surface area contributed by atoms with E-state index in [1.54, 1.807) is 29.8 Å². The summed E-state index contributed by atoms with van der Waals surface area (Å²) < 4.78 is 0. The van der Waals surface area contributed by atoms with E-state index in [2.05, 4.69) is 49.8 Å². The van der Waals surface area contributed by atoms with Crippen molar-refractivity contribution in [3.05, 3.63) is 89.2 Å². The van der Waals surface area contributed by atoms with Crippen molar-refractivity contribution in [2.45, 2.75) is 13.8 Å². The van der Waals surface area contributed by atoms with Gasteiger partial charge in [-0.1, -0.05) is 37.5 Å². The average Bonchev–Trinajstić information content (AvgIpc) is 3.52. The molecule has 2 N–H and O–H groups in total. The summed E-state index contributed by atoms with van der Waals surface area (Å²) in [6.07, 6.45) is 10.8. The highest BCUT2D eigenvalue weighted by atomic mass is 32.1. The Bertz CT molecular complexity index is 1330. The standard InChI is InChI=1S/C24H22N6S/c1-5-9-18(20-10-8-11-31-20)21-15(4)27-24(28-21)22-19-12-17(14-26-23(19)30-29-22)16(6-2)13-25-7-3/h5-14H,1,3H2,2,4H3,(H,27,28)(H,26,29,30)/b16-6+,18-9-,25-13?. The Balaban J connectivity index is 1.81. The molecular weight excluding hydrogens is 404 g/mol. The number of allylic oxidation sites excluding steroid dienone is 4. The van der Waals surface area contributed by atoms with Gasteiger partial charge in [-0.05, 0) is 36.9 Å². The monoisotopic (exact) mass is 426 g/mol. The highest BCUT2D eigenvalue weighted by molar-refractivity contribution is 7.11. The van der Waals surface area contributed by atoms with Crippen LogP contribution in [0.3, 0.4) is 0 Å².